The minimum atomic E-state index is 0.0125. The van der Waals surface area contributed by atoms with Crippen LogP contribution >= 0.6 is 0 Å². The summed E-state index contributed by atoms with van der Waals surface area (Å²) in [7, 11) is 0. The van der Waals surface area contributed by atoms with E-state index >= 15 is 0 Å². The summed E-state index contributed by atoms with van der Waals surface area (Å²) in [5, 5.41) is 15.2. The molecule has 1 saturated carbocycles. The topological polar surface area (TPSA) is 61.4 Å². The van der Waals surface area contributed by atoms with Crippen LogP contribution in [-0.4, -0.2) is 36.2 Å². The van der Waals surface area contributed by atoms with E-state index < -0.39 is 0 Å². The standard InChI is InChI=1S/C14H26N2O2/c17-10-4-3-9-15-14(18)13-8-7-11-5-1-2-6-12(11)16-13/h11-13,16-17H,1-10H2,(H,15,18). The van der Waals surface area contributed by atoms with Gasteiger partial charge in [0.25, 0.3) is 0 Å². The van der Waals surface area contributed by atoms with E-state index in [-0.39, 0.29) is 18.6 Å². The molecule has 1 aliphatic carbocycles. The molecule has 1 saturated heterocycles. The van der Waals surface area contributed by atoms with E-state index in [0.29, 0.717) is 12.6 Å². The lowest BCUT2D eigenvalue weighted by Crippen LogP contribution is -2.55. The molecule has 2 aliphatic rings. The van der Waals surface area contributed by atoms with E-state index in [2.05, 4.69) is 10.6 Å². The normalized spacial score (nSPS) is 31.7. The molecule has 104 valence electrons. The molecule has 1 heterocycles. The Morgan fingerprint density at radius 3 is 2.83 bits per heavy atom. The zero-order chi connectivity index (χ0) is 12.8. The predicted octanol–water partition coefficient (Wildman–Crippen LogP) is 1.19. The van der Waals surface area contributed by atoms with Gasteiger partial charge in [0, 0.05) is 19.2 Å². The molecule has 1 aliphatic heterocycles. The highest BCUT2D eigenvalue weighted by Crippen LogP contribution is 2.32. The Kier molecular flexibility index (Phi) is 5.45. The lowest BCUT2D eigenvalue weighted by atomic mass is 9.77. The third-order valence-electron chi connectivity index (χ3n) is 4.35. The van der Waals surface area contributed by atoms with Crippen molar-refractivity contribution in [2.24, 2.45) is 5.92 Å². The first-order valence-electron chi connectivity index (χ1n) is 7.46. The number of unbranched alkanes of at least 4 members (excludes halogenated alkanes) is 1. The van der Waals surface area contributed by atoms with Crippen LogP contribution in [-0.2, 0) is 4.79 Å². The minimum Gasteiger partial charge on any atom is -0.396 e. The number of nitrogens with one attached hydrogen (secondary N) is 2. The second-order valence-corrected chi connectivity index (χ2v) is 5.67. The molecule has 2 rings (SSSR count). The number of piperidine rings is 1. The average molecular weight is 254 g/mol. The van der Waals surface area contributed by atoms with Crippen molar-refractivity contribution in [3.63, 3.8) is 0 Å². The maximum Gasteiger partial charge on any atom is 0.237 e. The third-order valence-corrected chi connectivity index (χ3v) is 4.35. The van der Waals surface area contributed by atoms with Crippen molar-refractivity contribution in [1.29, 1.82) is 0 Å². The fraction of sp³-hybridized carbons (Fsp3) is 0.929. The zero-order valence-corrected chi connectivity index (χ0v) is 11.2. The van der Waals surface area contributed by atoms with Crippen molar-refractivity contribution < 1.29 is 9.90 Å². The second kappa shape index (κ2) is 7.10. The van der Waals surface area contributed by atoms with Crippen LogP contribution in [0.1, 0.15) is 51.4 Å². The van der Waals surface area contributed by atoms with Crippen molar-refractivity contribution >= 4 is 5.91 Å². The molecule has 0 bridgehead atoms. The second-order valence-electron chi connectivity index (χ2n) is 5.67. The van der Waals surface area contributed by atoms with E-state index in [1.807, 2.05) is 0 Å². The molecule has 1 amide bonds. The average Bonchev–Trinajstić information content (AvgIpc) is 2.43. The number of hydrogen-bond acceptors (Lipinski definition) is 3. The number of carbonyl (C=O) groups is 1. The number of amides is 1. The van der Waals surface area contributed by atoms with Gasteiger partial charge in [0.1, 0.15) is 0 Å². The summed E-state index contributed by atoms with van der Waals surface area (Å²) in [6.07, 6.45) is 9.05. The van der Waals surface area contributed by atoms with E-state index in [1.165, 1.54) is 32.1 Å². The molecule has 3 unspecified atom stereocenters. The highest BCUT2D eigenvalue weighted by atomic mass is 16.2. The van der Waals surface area contributed by atoms with Crippen molar-refractivity contribution in [2.75, 3.05) is 13.2 Å². The SMILES string of the molecule is O=C(NCCCCO)C1CCC2CCCCC2N1. The summed E-state index contributed by atoms with van der Waals surface area (Å²) in [5.74, 6) is 0.953. The van der Waals surface area contributed by atoms with Crippen LogP contribution < -0.4 is 10.6 Å². The van der Waals surface area contributed by atoms with Gasteiger partial charge in [-0.2, -0.15) is 0 Å². The first kappa shape index (κ1) is 13.8. The summed E-state index contributed by atoms with van der Waals surface area (Å²) < 4.78 is 0. The zero-order valence-electron chi connectivity index (χ0n) is 11.2. The molecular weight excluding hydrogens is 228 g/mol. The Balaban J connectivity index is 1.71. The van der Waals surface area contributed by atoms with Crippen LogP contribution in [0.3, 0.4) is 0 Å². The summed E-state index contributed by atoms with van der Waals surface area (Å²) in [6.45, 7) is 0.896. The van der Waals surface area contributed by atoms with E-state index in [1.54, 1.807) is 0 Å². The molecule has 4 heteroatoms. The van der Waals surface area contributed by atoms with Gasteiger partial charge < -0.3 is 15.7 Å². The summed E-state index contributed by atoms with van der Waals surface area (Å²) in [6, 6.07) is 0.583. The third kappa shape index (κ3) is 3.69. The Hall–Kier alpha value is -0.610. The van der Waals surface area contributed by atoms with Gasteiger partial charge in [-0.1, -0.05) is 12.8 Å². The van der Waals surface area contributed by atoms with E-state index in [0.717, 1.165) is 25.2 Å². The molecule has 0 aromatic rings. The molecule has 0 spiro atoms. The van der Waals surface area contributed by atoms with Crippen LogP contribution in [0.25, 0.3) is 0 Å². The molecule has 0 aromatic carbocycles. The maximum atomic E-state index is 12.0. The first-order valence-corrected chi connectivity index (χ1v) is 7.46. The van der Waals surface area contributed by atoms with Gasteiger partial charge in [-0.05, 0) is 44.4 Å². The van der Waals surface area contributed by atoms with E-state index in [4.69, 9.17) is 5.11 Å². The van der Waals surface area contributed by atoms with Gasteiger partial charge in [0.15, 0.2) is 0 Å². The van der Waals surface area contributed by atoms with Crippen molar-refractivity contribution in [3.8, 4) is 0 Å². The van der Waals surface area contributed by atoms with Gasteiger partial charge in [0.2, 0.25) is 5.91 Å². The Labute approximate surface area is 110 Å². The first-order chi connectivity index (χ1) is 8.81. The van der Waals surface area contributed by atoms with E-state index in [9.17, 15) is 4.79 Å². The quantitative estimate of drug-likeness (QED) is 0.646. The van der Waals surface area contributed by atoms with Gasteiger partial charge >= 0.3 is 0 Å². The number of aliphatic hydroxyl groups is 1. The van der Waals surface area contributed by atoms with Crippen molar-refractivity contribution in [3.05, 3.63) is 0 Å². The lowest BCUT2D eigenvalue weighted by Gasteiger charge is -2.39. The highest BCUT2D eigenvalue weighted by molar-refractivity contribution is 5.81. The van der Waals surface area contributed by atoms with Crippen molar-refractivity contribution in [2.45, 2.75) is 63.5 Å². The summed E-state index contributed by atoms with van der Waals surface area (Å²) in [4.78, 5) is 12.0. The van der Waals surface area contributed by atoms with Crippen LogP contribution in [0, 0.1) is 5.92 Å². The molecular formula is C14H26N2O2. The number of hydrogen-bond donors (Lipinski definition) is 3. The largest absolute Gasteiger partial charge is 0.396 e. The summed E-state index contributed by atoms with van der Waals surface area (Å²) in [5.41, 5.74) is 0. The molecule has 3 atom stereocenters. The maximum absolute atomic E-state index is 12.0. The molecule has 0 aromatic heterocycles. The smallest absolute Gasteiger partial charge is 0.237 e. The Morgan fingerprint density at radius 2 is 2.00 bits per heavy atom. The van der Waals surface area contributed by atoms with Crippen molar-refractivity contribution in [1.82, 2.24) is 10.6 Å². The van der Waals surface area contributed by atoms with Crippen LogP contribution in [0.5, 0.6) is 0 Å². The number of carbonyl (C=O) groups excluding carboxylic acids is 1. The van der Waals surface area contributed by atoms with Gasteiger partial charge in [-0.3, -0.25) is 4.79 Å². The molecule has 4 nitrogen and oxygen atoms in total. The number of aliphatic hydroxyl groups excluding tert-OH is 1. The molecule has 2 fully saturated rings. The van der Waals surface area contributed by atoms with Crippen LogP contribution in [0.2, 0.25) is 0 Å². The molecule has 0 radical (unpaired) electrons. The lowest BCUT2D eigenvalue weighted by molar-refractivity contribution is -0.124. The van der Waals surface area contributed by atoms with Crippen LogP contribution in [0.15, 0.2) is 0 Å². The number of rotatable bonds is 5. The van der Waals surface area contributed by atoms with Gasteiger partial charge in [-0.15, -0.1) is 0 Å². The fourth-order valence-electron chi connectivity index (χ4n) is 3.27. The van der Waals surface area contributed by atoms with Gasteiger partial charge in [0.05, 0.1) is 6.04 Å². The molecule has 18 heavy (non-hydrogen) atoms. The Morgan fingerprint density at radius 1 is 1.17 bits per heavy atom. The highest BCUT2D eigenvalue weighted by Gasteiger charge is 2.34. The minimum absolute atomic E-state index is 0.0125. The van der Waals surface area contributed by atoms with Gasteiger partial charge in [-0.25, -0.2) is 0 Å². The molecule has 3 N–H and O–H groups in total. The summed E-state index contributed by atoms with van der Waals surface area (Å²) >= 11 is 0. The number of fused-ring (bicyclic) bond motifs is 1. The fourth-order valence-corrected chi connectivity index (χ4v) is 3.27. The Bertz CT molecular complexity index is 271. The predicted molar refractivity (Wildman–Crippen MR) is 71.2 cm³/mol. The monoisotopic (exact) mass is 254 g/mol. The van der Waals surface area contributed by atoms with Crippen LogP contribution in [0.4, 0.5) is 0 Å².